The minimum absolute atomic E-state index is 0.132. The van der Waals surface area contributed by atoms with Crippen LogP contribution >= 0.6 is 11.8 Å². The zero-order valence-electron chi connectivity index (χ0n) is 18.5. The van der Waals surface area contributed by atoms with E-state index in [1.807, 2.05) is 12.1 Å². The molecule has 1 aliphatic heterocycles. The van der Waals surface area contributed by atoms with Gasteiger partial charge in [0.25, 0.3) is 5.91 Å². The average Bonchev–Trinajstić information content (AvgIpc) is 3.12. The van der Waals surface area contributed by atoms with Gasteiger partial charge in [-0.15, -0.1) is 0 Å². The van der Waals surface area contributed by atoms with Crippen LogP contribution in [0.25, 0.3) is 6.08 Å². The van der Waals surface area contributed by atoms with Crippen LogP contribution in [-0.2, 0) is 16.1 Å². The number of benzene rings is 3. The summed E-state index contributed by atoms with van der Waals surface area (Å²) < 4.78 is 24.1. The van der Waals surface area contributed by atoms with Gasteiger partial charge in [0.05, 0.1) is 23.3 Å². The molecule has 0 aliphatic carbocycles. The number of aliphatic imine (C=N–C) groups is 1. The Morgan fingerprint density at radius 2 is 1.76 bits per heavy atom. The fourth-order valence-corrected chi connectivity index (χ4v) is 4.13. The number of hydrogen-bond acceptors (Lipinski definition) is 6. The number of methoxy groups -OCH3 is 1. The number of amidine groups is 1. The summed E-state index contributed by atoms with van der Waals surface area (Å²) in [6.45, 7) is 0.132. The van der Waals surface area contributed by atoms with Gasteiger partial charge in [-0.3, -0.25) is 9.69 Å². The number of likely N-dealkylation sites (N-methyl/N-ethyl adjacent to an activating group) is 1. The third kappa shape index (κ3) is 5.35. The molecule has 1 aliphatic rings. The number of esters is 1. The largest absolute Gasteiger partial charge is 0.489 e. The Hall–Kier alpha value is -3.91. The Labute approximate surface area is 200 Å². The molecule has 0 radical (unpaired) electrons. The van der Waals surface area contributed by atoms with Gasteiger partial charge in [-0.25, -0.2) is 14.2 Å². The summed E-state index contributed by atoms with van der Waals surface area (Å²) in [5.74, 6) is -0.280. The van der Waals surface area contributed by atoms with E-state index in [4.69, 9.17) is 9.47 Å². The quantitative estimate of drug-likeness (QED) is 0.351. The summed E-state index contributed by atoms with van der Waals surface area (Å²) in [5.41, 5.74) is 2.35. The van der Waals surface area contributed by atoms with Crippen molar-refractivity contribution in [3.8, 4) is 5.75 Å². The van der Waals surface area contributed by atoms with Crippen molar-refractivity contribution >= 4 is 40.6 Å². The number of rotatable bonds is 6. The first-order valence-electron chi connectivity index (χ1n) is 10.4. The summed E-state index contributed by atoms with van der Waals surface area (Å²) in [5, 5.41) is 0.534. The first-order valence-corrected chi connectivity index (χ1v) is 11.2. The molecule has 8 heteroatoms. The van der Waals surface area contributed by atoms with Crippen molar-refractivity contribution in [3.05, 3.63) is 100 Å². The second-order valence-corrected chi connectivity index (χ2v) is 8.37. The van der Waals surface area contributed by atoms with Gasteiger partial charge in [0, 0.05) is 12.6 Å². The molecule has 1 heterocycles. The number of amides is 1. The summed E-state index contributed by atoms with van der Waals surface area (Å²) in [6, 6.07) is 20.3. The van der Waals surface area contributed by atoms with E-state index in [0.717, 1.165) is 5.56 Å². The number of nitrogens with zero attached hydrogens (tertiary/aromatic N) is 2. The molecule has 0 N–H and O–H groups in total. The summed E-state index contributed by atoms with van der Waals surface area (Å²) >= 11 is 1.27. The van der Waals surface area contributed by atoms with E-state index in [0.29, 0.717) is 32.6 Å². The molecule has 0 spiro atoms. The second kappa shape index (κ2) is 10.4. The third-order valence-corrected chi connectivity index (χ3v) is 6.11. The Balaban J connectivity index is 1.44. The molecule has 0 aromatic heterocycles. The Kier molecular flexibility index (Phi) is 7.08. The van der Waals surface area contributed by atoms with Gasteiger partial charge >= 0.3 is 5.97 Å². The lowest BCUT2D eigenvalue weighted by Crippen LogP contribution is -2.23. The summed E-state index contributed by atoms with van der Waals surface area (Å²) in [6.07, 6.45) is 1.78. The van der Waals surface area contributed by atoms with Crippen LogP contribution in [0.5, 0.6) is 5.75 Å². The first-order chi connectivity index (χ1) is 16.4. The lowest BCUT2D eigenvalue weighted by molar-refractivity contribution is -0.121. The highest BCUT2D eigenvalue weighted by atomic mass is 32.2. The van der Waals surface area contributed by atoms with Crippen molar-refractivity contribution in [3.63, 3.8) is 0 Å². The molecule has 1 fully saturated rings. The molecular weight excluding hydrogens is 455 g/mol. The van der Waals surface area contributed by atoms with Gasteiger partial charge in [-0.05, 0) is 65.9 Å². The van der Waals surface area contributed by atoms with Crippen LogP contribution < -0.4 is 4.74 Å². The number of halogens is 1. The molecule has 1 amide bonds. The Bertz CT molecular complexity index is 1270. The van der Waals surface area contributed by atoms with Gasteiger partial charge in [-0.1, -0.05) is 30.3 Å². The lowest BCUT2D eigenvalue weighted by atomic mass is 10.2. The van der Waals surface area contributed by atoms with Gasteiger partial charge in [0.2, 0.25) is 0 Å². The van der Waals surface area contributed by atoms with E-state index >= 15 is 0 Å². The predicted octanol–water partition coefficient (Wildman–Crippen LogP) is 5.43. The van der Waals surface area contributed by atoms with Crippen molar-refractivity contribution < 1.29 is 23.5 Å². The third-order valence-electron chi connectivity index (χ3n) is 5.05. The molecule has 3 aromatic carbocycles. The molecule has 172 valence electrons. The maximum atomic E-state index is 13.7. The normalized spacial score (nSPS) is 15.7. The molecule has 0 saturated carbocycles. The topological polar surface area (TPSA) is 68.2 Å². The molecule has 6 nitrogen and oxygen atoms in total. The fraction of sp³-hybridized carbons (Fsp3) is 0.115. The molecule has 0 atom stereocenters. The minimum Gasteiger partial charge on any atom is -0.489 e. The van der Waals surface area contributed by atoms with Crippen molar-refractivity contribution in [2.75, 3.05) is 14.2 Å². The fourth-order valence-electron chi connectivity index (χ4n) is 3.14. The van der Waals surface area contributed by atoms with E-state index in [-0.39, 0.29) is 18.3 Å². The zero-order chi connectivity index (χ0) is 24.1. The number of ether oxygens (including phenoxy) is 2. The van der Waals surface area contributed by atoms with Gasteiger partial charge in [-0.2, -0.15) is 0 Å². The van der Waals surface area contributed by atoms with Crippen molar-refractivity contribution in [2.45, 2.75) is 6.61 Å². The van der Waals surface area contributed by atoms with E-state index in [9.17, 15) is 14.0 Å². The Morgan fingerprint density at radius 1 is 1.06 bits per heavy atom. The first kappa shape index (κ1) is 23.3. The number of carbonyl (C=O) groups is 2. The standard InChI is InChI=1S/C26H21FN2O4S/c1-29-24(30)23(34-26(29)28-20-11-9-18(10-12-20)25(31)32-2)15-17-7-13-21(14-8-17)33-16-19-5-3-4-6-22(19)27/h3-15H,16H2,1-2H3. The number of carbonyl (C=O) groups excluding carboxylic acids is 2. The highest BCUT2D eigenvalue weighted by Gasteiger charge is 2.30. The van der Waals surface area contributed by atoms with Crippen LogP contribution in [0.2, 0.25) is 0 Å². The van der Waals surface area contributed by atoms with E-state index in [1.165, 1.54) is 29.8 Å². The van der Waals surface area contributed by atoms with E-state index in [2.05, 4.69) is 4.99 Å². The van der Waals surface area contributed by atoms with Crippen molar-refractivity contribution in [1.82, 2.24) is 4.90 Å². The second-order valence-electron chi connectivity index (χ2n) is 7.36. The van der Waals surface area contributed by atoms with Gasteiger partial charge in [0.1, 0.15) is 18.2 Å². The van der Waals surface area contributed by atoms with Crippen LogP contribution in [0.3, 0.4) is 0 Å². The minimum atomic E-state index is -0.421. The molecule has 34 heavy (non-hydrogen) atoms. The predicted molar refractivity (Wildman–Crippen MR) is 130 cm³/mol. The van der Waals surface area contributed by atoms with Crippen LogP contribution in [0.15, 0.2) is 82.7 Å². The highest BCUT2D eigenvalue weighted by molar-refractivity contribution is 8.18. The van der Waals surface area contributed by atoms with Crippen LogP contribution in [0, 0.1) is 5.82 Å². The smallest absolute Gasteiger partial charge is 0.337 e. The Morgan fingerprint density at radius 3 is 2.44 bits per heavy atom. The number of hydrogen-bond donors (Lipinski definition) is 0. The molecule has 4 rings (SSSR count). The highest BCUT2D eigenvalue weighted by Crippen LogP contribution is 2.33. The monoisotopic (exact) mass is 476 g/mol. The van der Waals surface area contributed by atoms with Gasteiger partial charge in [0.15, 0.2) is 5.17 Å². The summed E-state index contributed by atoms with van der Waals surface area (Å²) in [4.78, 5) is 30.8. The number of thioether (sulfide) groups is 1. The van der Waals surface area contributed by atoms with Gasteiger partial charge < -0.3 is 9.47 Å². The zero-order valence-corrected chi connectivity index (χ0v) is 19.3. The van der Waals surface area contributed by atoms with E-state index < -0.39 is 5.97 Å². The van der Waals surface area contributed by atoms with E-state index in [1.54, 1.807) is 67.7 Å². The molecular formula is C26H21FN2O4S. The molecule has 0 bridgehead atoms. The maximum absolute atomic E-state index is 13.7. The van der Waals surface area contributed by atoms with Crippen LogP contribution in [-0.4, -0.2) is 36.1 Å². The average molecular weight is 477 g/mol. The SMILES string of the molecule is COC(=O)c1ccc(N=C2SC(=Cc3ccc(OCc4ccccc4F)cc3)C(=O)N2C)cc1. The maximum Gasteiger partial charge on any atom is 0.337 e. The molecule has 1 saturated heterocycles. The van der Waals surface area contributed by atoms with Crippen molar-refractivity contribution in [2.24, 2.45) is 4.99 Å². The van der Waals surface area contributed by atoms with Crippen molar-refractivity contribution in [1.29, 1.82) is 0 Å². The van der Waals surface area contributed by atoms with Crippen LogP contribution in [0.4, 0.5) is 10.1 Å². The molecule has 3 aromatic rings. The lowest BCUT2D eigenvalue weighted by Gasteiger charge is -2.07. The molecule has 0 unspecified atom stereocenters. The van der Waals surface area contributed by atoms with Crippen LogP contribution in [0.1, 0.15) is 21.5 Å². The summed E-state index contributed by atoms with van der Waals surface area (Å²) in [7, 11) is 2.99.